The van der Waals surface area contributed by atoms with E-state index in [1.807, 2.05) is 12.1 Å². The number of hydrogen-bond donors (Lipinski definition) is 2. The number of pyridine rings is 1. The first-order valence-electron chi connectivity index (χ1n) is 11.6. The van der Waals surface area contributed by atoms with E-state index >= 15 is 0 Å². The zero-order valence-corrected chi connectivity index (χ0v) is 20.4. The number of ether oxygens (including phenoxy) is 1. The fraction of sp³-hybridized carbons (Fsp3) is 0.192. The van der Waals surface area contributed by atoms with Gasteiger partial charge >= 0.3 is 0 Å². The largest absolute Gasteiger partial charge is 0.458 e. The van der Waals surface area contributed by atoms with E-state index in [0.29, 0.717) is 54.2 Å². The number of hydrogen-bond acceptors (Lipinski definition) is 8. The summed E-state index contributed by atoms with van der Waals surface area (Å²) in [5.41, 5.74) is 8.40. The molecule has 10 nitrogen and oxygen atoms in total. The van der Waals surface area contributed by atoms with Crippen LogP contribution in [0.5, 0.6) is 0 Å². The highest BCUT2D eigenvalue weighted by molar-refractivity contribution is 6.35. The van der Waals surface area contributed by atoms with Gasteiger partial charge in [-0.2, -0.15) is 0 Å². The zero-order valence-electron chi connectivity index (χ0n) is 19.7. The van der Waals surface area contributed by atoms with E-state index in [9.17, 15) is 9.59 Å². The predicted molar refractivity (Wildman–Crippen MR) is 139 cm³/mol. The number of nitrogens with zero attached hydrogens (tertiary/aromatic N) is 4. The van der Waals surface area contributed by atoms with Crippen molar-refractivity contribution in [2.45, 2.75) is 6.54 Å². The van der Waals surface area contributed by atoms with Crippen LogP contribution >= 0.6 is 11.6 Å². The van der Waals surface area contributed by atoms with Crippen molar-refractivity contribution in [3.63, 3.8) is 0 Å². The molecule has 5 rings (SSSR count). The molecule has 0 bridgehead atoms. The number of aromatic nitrogens is 3. The number of benzene rings is 1. The number of anilines is 1. The molecule has 0 spiro atoms. The van der Waals surface area contributed by atoms with E-state index in [4.69, 9.17) is 26.5 Å². The van der Waals surface area contributed by atoms with Crippen LogP contribution in [-0.4, -0.2) is 58.2 Å². The molecule has 0 saturated carbocycles. The van der Waals surface area contributed by atoms with Crippen LogP contribution in [0.15, 0.2) is 59.2 Å². The van der Waals surface area contributed by atoms with Crippen LogP contribution in [0.2, 0.25) is 5.02 Å². The van der Waals surface area contributed by atoms with Gasteiger partial charge in [0, 0.05) is 36.3 Å². The molecule has 0 unspecified atom stereocenters. The van der Waals surface area contributed by atoms with Gasteiger partial charge in [0.15, 0.2) is 11.3 Å². The first-order valence-corrected chi connectivity index (χ1v) is 11.9. The molecule has 11 heteroatoms. The molecule has 0 aliphatic carbocycles. The molecule has 2 amide bonds. The summed E-state index contributed by atoms with van der Waals surface area (Å²) in [6, 6.07) is 12.2. The van der Waals surface area contributed by atoms with Gasteiger partial charge in [-0.05, 0) is 54.1 Å². The number of halogens is 1. The summed E-state index contributed by atoms with van der Waals surface area (Å²) >= 11 is 6.47. The van der Waals surface area contributed by atoms with Gasteiger partial charge in [0.05, 0.1) is 30.5 Å². The number of carbonyl (C=O) groups is 2. The van der Waals surface area contributed by atoms with Crippen molar-refractivity contribution in [1.82, 2.24) is 25.4 Å². The minimum atomic E-state index is -0.286. The SMILES string of the molecule is Nc1ccc(C=CC(=O)NCc2cc3cc(-c4ccc(C(=O)N5CCOCC5)nn4)cc(Cl)c3o2)cn1. The lowest BCUT2D eigenvalue weighted by Crippen LogP contribution is -2.41. The normalized spacial score (nSPS) is 13.8. The maximum Gasteiger partial charge on any atom is 0.274 e. The third-order valence-electron chi connectivity index (χ3n) is 5.77. The maximum atomic E-state index is 12.6. The minimum absolute atomic E-state index is 0.169. The van der Waals surface area contributed by atoms with Crippen molar-refractivity contribution in [2.24, 2.45) is 0 Å². The second-order valence-electron chi connectivity index (χ2n) is 8.37. The predicted octanol–water partition coefficient (Wildman–Crippen LogP) is 3.32. The summed E-state index contributed by atoms with van der Waals surface area (Å²) < 4.78 is 11.1. The van der Waals surface area contributed by atoms with Crippen molar-refractivity contribution in [2.75, 3.05) is 32.0 Å². The molecule has 1 aromatic carbocycles. The Balaban J connectivity index is 1.26. The van der Waals surface area contributed by atoms with Crippen LogP contribution < -0.4 is 11.1 Å². The van der Waals surface area contributed by atoms with Gasteiger partial charge in [0.2, 0.25) is 5.91 Å². The molecule has 37 heavy (non-hydrogen) atoms. The van der Waals surface area contributed by atoms with Gasteiger partial charge in [0.1, 0.15) is 11.6 Å². The second kappa shape index (κ2) is 10.8. The average Bonchev–Trinajstić information content (AvgIpc) is 3.35. The molecule has 1 aliphatic rings. The van der Waals surface area contributed by atoms with E-state index in [1.54, 1.807) is 47.5 Å². The van der Waals surface area contributed by atoms with Crippen LogP contribution in [0.4, 0.5) is 5.82 Å². The van der Waals surface area contributed by atoms with Crippen LogP contribution in [-0.2, 0) is 16.1 Å². The highest BCUT2D eigenvalue weighted by atomic mass is 35.5. The fourth-order valence-corrected chi connectivity index (χ4v) is 4.11. The number of nitrogens with one attached hydrogen (secondary N) is 1. The Labute approximate surface area is 217 Å². The van der Waals surface area contributed by atoms with Gasteiger partial charge in [-0.15, -0.1) is 10.2 Å². The van der Waals surface area contributed by atoms with Crippen LogP contribution in [0.25, 0.3) is 28.3 Å². The van der Waals surface area contributed by atoms with Gasteiger partial charge in [-0.25, -0.2) is 4.98 Å². The smallest absolute Gasteiger partial charge is 0.274 e. The fourth-order valence-electron chi connectivity index (χ4n) is 3.85. The Morgan fingerprint density at radius 3 is 2.68 bits per heavy atom. The molecule has 1 saturated heterocycles. The van der Waals surface area contributed by atoms with E-state index < -0.39 is 0 Å². The van der Waals surface area contributed by atoms with Gasteiger partial charge in [-0.3, -0.25) is 9.59 Å². The lowest BCUT2D eigenvalue weighted by molar-refractivity contribution is -0.116. The third kappa shape index (κ3) is 5.76. The molecular weight excluding hydrogens is 496 g/mol. The number of nitrogens with two attached hydrogens (primary N) is 1. The lowest BCUT2D eigenvalue weighted by Gasteiger charge is -2.26. The Hall–Kier alpha value is -4.28. The van der Waals surface area contributed by atoms with Crippen molar-refractivity contribution in [1.29, 1.82) is 0 Å². The molecule has 188 valence electrons. The summed E-state index contributed by atoms with van der Waals surface area (Å²) in [6.45, 7) is 2.29. The number of carbonyl (C=O) groups excluding carboxylic acids is 2. The first-order chi connectivity index (χ1) is 18.0. The van der Waals surface area contributed by atoms with E-state index in [-0.39, 0.29) is 24.1 Å². The quantitative estimate of drug-likeness (QED) is 0.371. The zero-order chi connectivity index (χ0) is 25.8. The topological polar surface area (TPSA) is 136 Å². The summed E-state index contributed by atoms with van der Waals surface area (Å²) in [5.74, 6) is 0.502. The molecule has 4 heterocycles. The van der Waals surface area contributed by atoms with Gasteiger partial charge in [0.25, 0.3) is 5.91 Å². The molecule has 1 aliphatic heterocycles. The Morgan fingerprint density at radius 2 is 1.95 bits per heavy atom. The summed E-state index contributed by atoms with van der Waals surface area (Å²) in [4.78, 5) is 30.5. The van der Waals surface area contributed by atoms with Crippen LogP contribution in [0, 0.1) is 0 Å². The molecule has 1 fully saturated rings. The Bertz CT molecular complexity index is 1460. The summed E-state index contributed by atoms with van der Waals surface area (Å²) in [6.07, 6.45) is 4.63. The molecule has 0 radical (unpaired) electrons. The number of amides is 2. The van der Waals surface area contributed by atoms with Crippen molar-refractivity contribution in [3.05, 3.63) is 76.8 Å². The molecular formula is C26H23ClN6O4. The number of fused-ring (bicyclic) bond motifs is 1. The molecule has 0 atom stereocenters. The maximum absolute atomic E-state index is 12.6. The lowest BCUT2D eigenvalue weighted by atomic mass is 10.1. The summed E-state index contributed by atoms with van der Waals surface area (Å²) in [7, 11) is 0. The highest BCUT2D eigenvalue weighted by Crippen LogP contribution is 2.32. The Morgan fingerprint density at radius 1 is 1.11 bits per heavy atom. The number of rotatable bonds is 6. The standard InChI is InChI=1S/C26H23ClN6O4/c27-20-13-17(21-3-4-22(32-31-21)26(35)33-7-9-36-10-8-33)11-18-12-19(37-25(18)20)15-30-24(34)6-2-16-1-5-23(28)29-14-16/h1-6,11-14H,7-10,15H2,(H2,28,29)(H,30,34). The van der Waals surface area contributed by atoms with Crippen molar-refractivity contribution < 1.29 is 18.7 Å². The third-order valence-corrected chi connectivity index (χ3v) is 6.05. The molecule has 3 N–H and O–H groups in total. The van der Waals surface area contributed by atoms with Crippen LogP contribution in [0.1, 0.15) is 21.8 Å². The number of morpholine rings is 1. The average molecular weight is 519 g/mol. The van der Waals surface area contributed by atoms with E-state index in [0.717, 1.165) is 16.5 Å². The Kier molecular flexibility index (Phi) is 7.11. The van der Waals surface area contributed by atoms with Crippen LogP contribution in [0.3, 0.4) is 0 Å². The highest BCUT2D eigenvalue weighted by Gasteiger charge is 2.20. The first kappa shape index (κ1) is 24.4. The monoisotopic (exact) mass is 518 g/mol. The van der Waals surface area contributed by atoms with Gasteiger partial charge in [-0.1, -0.05) is 11.6 Å². The summed E-state index contributed by atoms with van der Waals surface area (Å²) in [5, 5.41) is 12.3. The van der Waals surface area contributed by atoms with Crippen molar-refractivity contribution >= 4 is 46.3 Å². The number of furan rings is 1. The molecule has 3 aromatic heterocycles. The van der Waals surface area contributed by atoms with E-state index in [1.165, 1.54) is 6.08 Å². The van der Waals surface area contributed by atoms with Gasteiger partial charge < -0.3 is 25.1 Å². The second-order valence-corrected chi connectivity index (χ2v) is 8.77. The van der Waals surface area contributed by atoms with Crippen molar-refractivity contribution in [3.8, 4) is 11.3 Å². The number of nitrogen functional groups attached to an aromatic ring is 1. The minimum Gasteiger partial charge on any atom is -0.458 e. The molecule has 4 aromatic rings. The van der Waals surface area contributed by atoms with E-state index in [2.05, 4.69) is 20.5 Å².